The number of aromatic carboxylic acids is 1. The van der Waals surface area contributed by atoms with Crippen molar-refractivity contribution in [2.75, 3.05) is 14.2 Å². The molecule has 18 heavy (non-hydrogen) atoms. The van der Waals surface area contributed by atoms with Gasteiger partial charge in [0.2, 0.25) is 0 Å². The van der Waals surface area contributed by atoms with Gasteiger partial charge in [-0.2, -0.15) is 0 Å². The molecule has 1 heterocycles. The molecule has 1 aromatic carbocycles. The number of ether oxygens (including phenoxy) is 2. The summed E-state index contributed by atoms with van der Waals surface area (Å²) in [5.74, 6) is 0.0494. The van der Waals surface area contributed by atoms with Gasteiger partial charge in [0, 0.05) is 23.7 Å². The van der Waals surface area contributed by atoms with Crippen LogP contribution in [0.5, 0.6) is 11.5 Å². The summed E-state index contributed by atoms with van der Waals surface area (Å²) in [6, 6.07) is 1.82. The Balaban J connectivity index is 2.66. The van der Waals surface area contributed by atoms with Crippen molar-refractivity contribution in [3.05, 3.63) is 22.8 Å². The minimum Gasteiger partial charge on any atom is -0.496 e. The highest BCUT2D eigenvalue weighted by Crippen LogP contribution is 2.37. The first-order valence-electron chi connectivity index (χ1n) is 5.81. The van der Waals surface area contributed by atoms with E-state index in [0.717, 1.165) is 17.5 Å². The maximum Gasteiger partial charge on any atom is 0.339 e. The number of methoxy groups -OCH3 is 2. The van der Waals surface area contributed by atoms with E-state index in [-0.39, 0.29) is 5.56 Å². The predicted molar refractivity (Wildman–Crippen MR) is 66.5 cm³/mol. The van der Waals surface area contributed by atoms with Crippen LogP contribution < -0.4 is 14.8 Å². The van der Waals surface area contributed by atoms with Crippen molar-refractivity contribution in [1.29, 1.82) is 0 Å². The zero-order valence-electron chi connectivity index (χ0n) is 10.7. The third-order valence-electron chi connectivity index (χ3n) is 3.25. The van der Waals surface area contributed by atoms with Gasteiger partial charge >= 0.3 is 5.97 Å². The number of carboxylic acids is 1. The van der Waals surface area contributed by atoms with Crippen LogP contribution >= 0.6 is 0 Å². The normalized spacial score (nSPS) is 18.1. The fourth-order valence-corrected chi connectivity index (χ4v) is 2.37. The second-order valence-corrected chi connectivity index (χ2v) is 4.41. The SMILES string of the molecule is COc1cc(C(=O)O)c(OC)c2c1CNC(C)C2. The van der Waals surface area contributed by atoms with E-state index in [1.807, 2.05) is 0 Å². The second-order valence-electron chi connectivity index (χ2n) is 4.41. The lowest BCUT2D eigenvalue weighted by Gasteiger charge is -2.27. The quantitative estimate of drug-likeness (QED) is 0.850. The molecular formula is C13H17NO4. The monoisotopic (exact) mass is 251 g/mol. The van der Waals surface area contributed by atoms with Crippen LogP contribution in [-0.4, -0.2) is 31.3 Å². The van der Waals surface area contributed by atoms with Crippen molar-refractivity contribution in [3.8, 4) is 11.5 Å². The summed E-state index contributed by atoms with van der Waals surface area (Å²) in [6.45, 7) is 2.72. The number of carbonyl (C=O) groups is 1. The molecule has 1 aromatic rings. The Labute approximate surface area is 106 Å². The van der Waals surface area contributed by atoms with E-state index < -0.39 is 5.97 Å². The standard InChI is InChI=1S/C13H17NO4/c1-7-4-8-10(6-14-7)11(17-2)5-9(13(15)16)12(8)18-3/h5,7,14H,4,6H2,1-3H3,(H,15,16). The third kappa shape index (κ3) is 2.01. The lowest BCUT2D eigenvalue weighted by Crippen LogP contribution is -2.33. The molecule has 0 aromatic heterocycles. The molecule has 98 valence electrons. The molecule has 0 amide bonds. The highest BCUT2D eigenvalue weighted by molar-refractivity contribution is 5.92. The molecule has 1 atom stereocenters. The highest BCUT2D eigenvalue weighted by Gasteiger charge is 2.26. The molecule has 1 aliphatic rings. The van der Waals surface area contributed by atoms with Gasteiger partial charge in [0.25, 0.3) is 0 Å². The average Bonchev–Trinajstić information content (AvgIpc) is 2.36. The third-order valence-corrected chi connectivity index (χ3v) is 3.25. The topological polar surface area (TPSA) is 67.8 Å². The molecule has 2 rings (SSSR count). The molecule has 0 radical (unpaired) electrons. The van der Waals surface area contributed by atoms with Gasteiger partial charge < -0.3 is 19.9 Å². The fourth-order valence-electron chi connectivity index (χ4n) is 2.37. The summed E-state index contributed by atoms with van der Waals surface area (Å²) in [4.78, 5) is 11.3. The van der Waals surface area contributed by atoms with Gasteiger partial charge in [0.15, 0.2) is 0 Å². The molecule has 0 saturated carbocycles. The van der Waals surface area contributed by atoms with Crippen LogP contribution in [0.15, 0.2) is 6.07 Å². The molecule has 1 aliphatic heterocycles. The summed E-state index contributed by atoms with van der Waals surface area (Å²) < 4.78 is 10.6. The molecule has 0 fully saturated rings. The Morgan fingerprint density at radius 2 is 2.11 bits per heavy atom. The van der Waals surface area contributed by atoms with Crippen molar-refractivity contribution in [1.82, 2.24) is 5.32 Å². The van der Waals surface area contributed by atoms with Gasteiger partial charge in [-0.25, -0.2) is 4.79 Å². The Hall–Kier alpha value is -1.75. The van der Waals surface area contributed by atoms with Crippen LogP contribution in [0, 0.1) is 0 Å². The van der Waals surface area contributed by atoms with E-state index in [9.17, 15) is 9.90 Å². The number of carboxylic acid groups (broad SMARTS) is 1. The van der Waals surface area contributed by atoms with Crippen LogP contribution in [0.2, 0.25) is 0 Å². The van der Waals surface area contributed by atoms with Crippen molar-refractivity contribution in [2.24, 2.45) is 0 Å². The fraction of sp³-hybridized carbons (Fsp3) is 0.462. The number of hydrogen-bond donors (Lipinski definition) is 2. The predicted octanol–water partition coefficient (Wildman–Crippen LogP) is 1.44. The molecular weight excluding hydrogens is 234 g/mol. The molecule has 1 unspecified atom stereocenters. The van der Waals surface area contributed by atoms with Crippen LogP contribution in [0.25, 0.3) is 0 Å². The maximum absolute atomic E-state index is 11.3. The molecule has 0 saturated heterocycles. The largest absolute Gasteiger partial charge is 0.496 e. The van der Waals surface area contributed by atoms with Gasteiger partial charge in [-0.1, -0.05) is 0 Å². The molecule has 5 nitrogen and oxygen atoms in total. The number of nitrogens with one attached hydrogen (secondary N) is 1. The highest BCUT2D eigenvalue weighted by atomic mass is 16.5. The van der Waals surface area contributed by atoms with Crippen molar-refractivity contribution >= 4 is 5.97 Å². The minimum absolute atomic E-state index is 0.155. The average molecular weight is 251 g/mol. The van der Waals surface area contributed by atoms with E-state index in [4.69, 9.17) is 9.47 Å². The summed E-state index contributed by atoms with van der Waals surface area (Å²) in [7, 11) is 3.05. The van der Waals surface area contributed by atoms with Crippen molar-refractivity contribution in [3.63, 3.8) is 0 Å². The maximum atomic E-state index is 11.3. The van der Waals surface area contributed by atoms with Crippen molar-refractivity contribution < 1.29 is 19.4 Å². The number of benzene rings is 1. The lowest BCUT2D eigenvalue weighted by atomic mass is 9.92. The van der Waals surface area contributed by atoms with Gasteiger partial charge in [-0.15, -0.1) is 0 Å². The zero-order chi connectivity index (χ0) is 13.3. The van der Waals surface area contributed by atoms with E-state index in [1.165, 1.54) is 13.2 Å². The first kappa shape index (κ1) is 12.7. The van der Waals surface area contributed by atoms with Crippen LogP contribution in [0.1, 0.15) is 28.4 Å². The zero-order valence-corrected chi connectivity index (χ0v) is 10.7. The van der Waals surface area contributed by atoms with Gasteiger partial charge in [-0.05, 0) is 19.4 Å². The van der Waals surface area contributed by atoms with E-state index in [2.05, 4.69) is 12.2 Å². The van der Waals surface area contributed by atoms with E-state index >= 15 is 0 Å². The second kappa shape index (κ2) is 4.86. The molecule has 5 heteroatoms. The minimum atomic E-state index is -1.00. The molecule has 0 bridgehead atoms. The number of hydrogen-bond acceptors (Lipinski definition) is 4. The summed E-state index contributed by atoms with van der Waals surface area (Å²) in [5.41, 5.74) is 2.07. The molecule has 2 N–H and O–H groups in total. The summed E-state index contributed by atoms with van der Waals surface area (Å²) in [6.07, 6.45) is 0.732. The van der Waals surface area contributed by atoms with Gasteiger partial charge in [-0.3, -0.25) is 0 Å². The molecule has 0 aliphatic carbocycles. The van der Waals surface area contributed by atoms with E-state index in [1.54, 1.807) is 7.11 Å². The summed E-state index contributed by atoms with van der Waals surface area (Å²) in [5, 5.41) is 12.6. The number of fused-ring (bicyclic) bond motifs is 1. The van der Waals surface area contributed by atoms with Crippen LogP contribution in [0.4, 0.5) is 0 Å². The van der Waals surface area contributed by atoms with Gasteiger partial charge in [0.05, 0.1) is 14.2 Å². The lowest BCUT2D eigenvalue weighted by molar-refractivity contribution is 0.0692. The number of rotatable bonds is 3. The van der Waals surface area contributed by atoms with Crippen LogP contribution in [0.3, 0.4) is 0 Å². The smallest absolute Gasteiger partial charge is 0.339 e. The van der Waals surface area contributed by atoms with Gasteiger partial charge in [0.1, 0.15) is 17.1 Å². The first-order chi connectivity index (χ1) is 8.58. The summed E-state index contributed by atoms with van der Waals surface area (Å²) >= 11 is 0. The molecule has 0 spiro atoms. The Morgan fingerprint density at radius 1 is 1.39 bits per heavy atom. The Kier molecular flexibility index (Phi) is 3.43. The van der Waals surface area contributed by atoms with E-state index in [0.29, 0.717) is 24.1 Å². The Morgan fingerprint density at radius 3 is 2.67 bits per heavy atom. The first-order valence-corrected chi connectivity index (χ1v) is 5.81. The van der Waals surface area contributed by atoms with Crippen molar-refractivity contribution in [2.45, 2.75) is 25.9 Å². The van der Waals surface area contributed by atoms with Crippen LogP contribution in [-0.2, 0) is 13.0 Å². The Bertz CT molecular complexity index is 484.